The Bertz CT molecular complexity index is 84.7. The molecule has 0 saturated carbocycles. The fourth-order valence-electron chi connectivity index (χ4n) is 0.856. The van der Waals surface area contributed by atoms with Gasteiger partial charge < -0.3 is 24.8 Å². The van der Waals surface area contributed by atoms with Crippen molar-refractivity contribution in [1.82, 2.24) is 0 Å². The Hall–Kier alpha value is 0.748. The second kappa shape index (κ2) is 13.3. The first-order valence-corrected chi connectivity index (χ1v) is 3.30. The van der Waals surface area contributed by atoms with Crippen LogP contribution in [-0.2, 0) is 21.1 Å². The number of hydrogen-bond donors (Lipinski definition) is 0. The molecule has 1 rings (SSSR count). The van der Waals surface area contributed by atoms with Gasteiger partial charge in [0, 0.05) is 21.1 Å². The minimum Gasteiger partial charge on any atom is -1.00 e. The molecule has 0 nitrogen and oxygen atoms in total. The molecule has 0 bridgehead atoms. The SMILES string of the molecule is C1=CCCC=CCC1.[Cl-].[Cl-].[Pt]. The molecule has 3 heteroatoms. The molecule has 0 radical (unpaired) electrons. The van der Waals surface area contributed by atoms with Gasteiger partial charge in [-0.2, -0.15) is 0 Å². The minimum atomic E-state index is 0. The molecule has 0 unspecified atom stereocenters. The molecule has 0 aromatic carbocycles. The van der Waals surface area contributed by atoms with E-state index in [-0.39, 0.29) is 45.9 Å². The summed E-state index contributed by atoms with van der Waals surface area (Å²) in [6.07, 6.45) is 14.0. The van der Waals surface area contributed by atoms with E-state index >= 15 is 0 Å². The minimum absolute atomic E-state index is 0. The molecule has 0 aromatic heterocycles. The van der Waals surface area contributed by atoms with Crippen LogP contribution in [0.2, 0.25) is 0 Å². The van der Waals surface area contributed by atoms with Crippen LogP contribution in [0.1, 0.15) is 25.7 Å². The van der Waals surface area contributed by atoms with E-state index in [0.29, 0.717) is 0 Å². The molecule has 0 N–H and O–H groups in total. The van der Waals surface area contributed by atoms with Gasteiger partial charge in [-0.3, -0.25) is 0 Å². The van der Waals surface area contributed by atoms with E-state index in [2.05, 4.69) is 24.3 Å². The zero-order valence-corrected chi connectivity index (χ0v) is 9.99. The Balaban J connectivity index is -0.000000213. The van der Waals surface area contributed by atoms with Gasteiger partial charge in [0.1, 0.15) is 0 Å². The Morgan fingerprint density at radius 2 is 0.727 bits per heavy atom. The molecule has 0 saturated heterocycles. The standard InChI is InChI=1S/C8H12.2ClH.Pt/c1-2-4-6-8-7-5-3-1;;;/h1-2,7-8H,3-6H2;2*1H;/p-2. The number of hydrogen-bond acceptors (Lipinski definition) is 0. The van der Waals surface area contributed by atoms with E-state index in [1.807, 2.05) is 0 Å². The molecular weight excluding hydrogens is 362 g/mol. The first-order valence-electron chi connectivity index (χ1n) is 3.30. The largest absolute Gasteiger partial charge is 1.00 e. The van der Waals surface area contributed by atoms with Gasteiger partial charge in [-0.25, -0.2) is 0 Å². The third-order valence-corrected chi connectivity index (χ3v) is 1.33. The predicted molar refractivity (Wildman–Crippen MR) is 36.7 cm³/mol. The van der Waals surface area contributed by atoms with Crippen LogP contribution < -0.4 is 24.8 Å². The van der Waals surface area contributed by atoms with Gasteiger partial charge in [0.25, 0.3) is 0 Å². The molecule has 0 spiro atoms. The van der Waals surface area contributed by atoms with Gasteiger partial charge in [-0.1, -0.05) is 24.3 Å². The van der Waals surface area contributed by atoms with Crippen LogP contribution in [0.4, 0.5) is 0 Å². The van der Waals surface area contributed by atoms with Crippen molar-refractivity contribution >= 4 is 0 Å². The molecule has 0 atom stereocenters. The molecule has 0 aromatic rings. The monoisotopic (exact) mass is 373 g/mol. The van der Waals surface area contributed by atoms with Crippen LogP contribution in [0.25, 0.3) is 0 Å². The van der Waals surface area contributed by atoms with Crippen LogP contribution >= 0.6 is 0 Å². The molecule has 11 heavy (non-hydrogen) atoms. The molecule has 0 aliphatic heterocycles. The third-order valence-electron chi connectivity index (χ3n) is 1.33. The number of allylic oxidation sites excluding steroid dienone is 4. The summed E-state index contributed by atoms with van der Waals surface area (Å²) >= 11 is 0. The van der Waals surface area contributed by atoms with E-state index in [1.165, 1.54) is 25.7 Å². The molecule has 1 aliphatic carbocycles. The first kappa shape index (κ1) is 17.7. The van der Waals surface area contributed by atoms with Crippen molar-refractivity contribution in [3.05, 3.63) is 24.3 Å². The van der Waals surface area contributed by atoms with Crippen molar-refractivity contribution in [2.24, 2.45) is 0 Å². The number of halogens is 2. The van der Waals surface area contributed by atoms with Gasteiger partial charge in [0.2, 0.25) is 0 Å². The Morgan fingerprint density at radius 1 is 0.545 bits per heavy atom. The van der Waals surface area contributed by atoms with Crippen molar-refractivity contribution in [3.8, 4) is 0 Å². The summed E-state index contributed by atoms with van der Waals surface area (Å²) in [5.74, 6) is 0. The molecule has 0 fully saturated rings. The zero-order valence-electron chi connectivity index (χ0n) is 6.21. The second-order valence-corrected chi connectivity index (χ2v) is 2.10. The van der Waals surface area contributed by atoms with E-state index in [9.17, 15) is 0 Å². The maximum atomic E-state index is 2.27. The first-order chi connectivity index (χ1) is 4.00. The summed E-state index contributed by atoms with van der Waals surface area (Å²) < 4.78 is 0. The van der Waals surface area contributed by atoms with Crippen LogP contribution in [0.15, 0.2) is 24.3 Å². The van der Waals surface area contributed by atoms with Crippen molar-refractivity contribution in [3.63, 3.8) is 0 Å². The van der Waals surface area contributed by atoms with Crippen LogP contribution in [0.5, 0.6) is 0 Å². The third kappa shape index (κ3) is 10.7. The van der Waals surface area contributed by atoms with Crippen molar-refractivity contribution in [1.29, 1.82) is 0 Å². The Labute approximate surface area is 95.6 Å². The normalized spacial score (nSPS) is 14.5. The van der Waals surface area contributed by atoms with Gasteiger partial charge >= 0.3 is 0 Å². The summed E-state index contributed by atoms with van der Waals surface area (Å²) in [5.41, 5.74) is 0. The van der Waals surface area contributed by atoms with Crippen LogP contribution in [0, 0.1) is 0 Å². The summed E-state index contributed by atoms with van der Waals surface area (Å²) in [4.78, 5) is 0. The smallest absolute Gasteiger partial charge is 0 e. The average molecular weight is 374 g/mol. The fourth-order valence-corrected chi connectivity index (χ4v) is 0.856. The van der Waals surface area contributed by atoms with Gasteiger partial charge in [0.05, 0.1) is 0 Å². The second-order valence-electron chi connectivity index (χ2n) is 2.10. The van der Waals surface area contributed by atoms with Gasteiger partial charge in [0.15, 0.2) is 0 Å². The molecular formula is C8H12Cl2Pt-2. The summed E-state index contributed by atoms with van der Waals surface area (Å²) in [7, 11) is 0. The molecule has 0 heterocycles. The van der Waals surface area contributed by atoms with E-state index in [1.54, 1.807) is 0 Å². The van der Waals surface area contributed by atoms with E-state index < -0.39 is 0 Å². The summed E-state index contributed by atoms with van der Waals surface area (Å²) in [5, 5.41) is 0. The average Bonchev–Trinajstić information content (AvgIpc) is 1.62. The van der Waals surface area contributed by atoms with Crippen molar-refractivity contribution in [2.75, 3.05) is 0 Å². The van der Waals surface area contributed by atoms with E-state index in [0.717, 1.165) is 0 Å². The van der Waals surface area contributed by atoms with Gasteiger partial charge in [-0.15, -0.1) is 0 Å². The maximum absolute atomic E-state index is 2.27. The quantitative estimate of drug-likeness (QED) is 0.390. The summed E-state index contributed by atoms with van der Waals surface area (Å²) in [6.45, 7) is 0. The maximum Gasteiger partial charge on any atom is 0 e. The van der Waals surface area contributed by atoms with Crippen molar-refractivity contribution in [2.45, 2.75) is 25.7 Å². The summed E-state index contributed by atoms with van der Waals surface area (Å²) in [6, 6.07) is 0. The molecule has 0 amide bonds. The molecule has 1 aliphatic rings. The number of rotatable bonds is 0. The topological polar surface area (TPSA) is 0 Å². The zero-order chi connectivity index (χ0) is 5.66. The Morgan fingerprint density at radius 3 is 0.909 bits per heavy atom. The van der Waals surface area contributed by atoms with Crippen LogP contribution in [-0.4, -0.2) is 0 Å². The van der Waals surface area contributed by atoms with Gasteiger partial charge in [-0.05, 0) is 25.7 Å². The fraction of sp³-hybridized carbons (Fsp3) is 0.500. The van der Waals surface area contributed by atoms with E-state index in [4.69, 9.17) is 0 Å². The molecule has 70 valence electrons. The Kier molecular flexibility index (Phi) is 21.5. The van der Waals surface area contributed by atoms with Crippen molar-refractivity contribution < 1.29 is 45.9 Å². The predicted octanol–water partition coefficient (Wildman–Crippen LogP) is -3.32. The van der Waals surface area contributed by atoms with Crippen LogP contribution in [0.3, 0.4) is 0 Å².